The SMILES string of the molecule is CCCCOC(=O)C1=C(C)Nc2nc(SCc3ccccc3F)nn2C1c1ccc(OC)cc1. The maximum absolute atomic E-state index is 14.0. The minimum Gasteiger partial charge on any atom is -0.497 e. The number of carbonyl (C=O) groups excluding carboxylic acids is 1. The molecule has 0 bridgehead atoms. The summed E-state index contributed by atoms with van der Waals surface area (Å²) in [6.45, 7) is 4.23. The third-order valence-electron chi connectivity index (χ3n) is 5.53. The van der Waals surface area contributed by atoms with E-state index in [1.165, 1.54) is 17.8 Å². The van der Waals surface area contributed by atoms with Crippen LogP contribution in [-0.2, 0) is 15.3 Å². The molecular weight excluding hydrogens is 455 g/mol. The lowest BCUT2D eigenvalue weighted by molar-refractivity contribution is -0.139. The van der Waals surface area contributed by atoms with Gasteiger partial charge in [0, 0.05) is 11.4 Å². The number of carbonyl (C=O) groups is 1. The van der Waals surface area contributed by atoms with Gasteiger partial charge in [0.05, 0.1) is 19.3 Å². The van der Waals surface area contributed by atoms with Crippen molar-refractivity contribution in [1.29, 1.82) is 0 Å². The minimum absolute atomic E-state index is 0.261. The number of methoxy groups -OCH3 is 1. The van der Waals surface area contributed by atoms with E-state index in [1.54, 1.807) is 30.0 Å². The van der Waals surface area contributed by atoms with Crippen LogP contribution < -0.4 is 10.1 Å². The number of nitrogens with one attached hydrogen (secondary N) is 1. The van der Waals surface area contributed by atoms with Gasteiger partial charge in [-0.2, -0.15) is 4.98 Å². The molecule has 1 aliphatic heterocycles. The summed E-state index contributed by atoms with van der Waals surface area (Å²) in [4.78, 5) is 17.7. The number of hydrogen-bond donors (Lipinski definition) is 1. The zero-order valence-corrected chi connectivity index (χ0v) is 20.2. The fourth-order valence-corrected chi connectivity index (χ4v) is 4.51. The Labute approximate surface area is 202 Å². The van der Waals surface area contributed by atoms with Gasteiger partial charge in [-0.15, -0.1) is 5.10 Å². The largest absolute Gasteiger partial charge is 0.497 e. The second-order valence-electron chi connectivity index (χ2n) is 7.87. The summed E-state index contributed by atoms with van der Waals surface area (Å²) in [6, 6.07) is 13.6. The van der Waals surface area contributed by atoms with Crippen LogP contribution in [-0.4, -0.2) is 34.5 Å². The fourth-order valence-electron chi connectivity index (χ4n) is 3.70. The molecule has 1 N–H and O–H groups in total. The van der Waals surface area contributed by atoms with E-state index in [0.29, 0.717) is 46.0 Å². The summed E-state index contributed by atoms with van der Waals surface area (Å²) in [5, 5.41) is 8.34. The van der Waals surface area contributed by atoms with Crippen molar-refractivity contribution in [3.63, 3.8) is 0 Å². The van der Waals surface area contributed by atoms with Crippen LogP contribution in [0.5, 0.6) is 5.75 Å². The van der Waals surface area contributed by atoms with Crippen molar-refractivity contribution in [2.75, 3.05) is 19.0 Å². The Balaban J connectivity index is 1.66. The number of anilines is 1. The number of halogens is 1. The molecule has 4 rings (SSSR count). The quantitative estimate of drug-likeness (QED) is 0.250. The highest BCUT2D eigenvalue weighted by molar-refractivity contribution is 7.98. The normalized spacial score (nSPS) is 15.0. The molecule has 0 saturated carbocycles. The van der Waals surface area contributed by atoms with E-state index in [4.69, 9.17) is 9.47 Å². The molecular formula is C25H27FN4O3S. The van der Waals surface area contributed by atoms with Crippen molar-refractivity contribution in [3.8, 4) is 5.75 Å². The molecule has 178 valence electrons. The first kappa shape index (κ1) is 23.8. The highest BCUT2D eigenvalue weighted by Crippen LogP contribution is 2.37. The Hall–Kier alpha value is -3.33. The van der Waals surface area contributed by atoms with Gasteiger partial charge in [0.1, 0.15) is 17.6 Å². The topological polar surface area (TPSA) is 78.3 Å². The van der Waals surface area contributed by atoms with Crippen LogP contribution in [0.15, 0.2) is 65.0 Å². The second-order valence-corrected chi connectivity index (χ2v) is 8.81. The number of esters is 1. The lowest BCUT2D eigenvalue weighted by Crippen LogP contribution is -2.29. The molecule has 7 nitrogen and oxygen atoms in total. The van der Waals surface area contributed by atoms with Crippen LogP contribution in [0.4, 0.5) is 10.3 Å². The number of rotatable bonds is 9. The highest BCUT2D eigenvalue weighted by atomic mass is 32.2. The molecule has 2 heterocycles. The number of allylic oxidation sites excluding steroid dienone is 1. The van der Waals surface area contributed by atoms with Crippen LogP contribution in [0.1, 0.15) is 43.9 Å². The standard InChI is InChI=1S/C25H27FN4O3S/c1-4-5-14-33-23(31)21-16(2)27-24-28-25(34-15-18-8-6-7-9-20(18)26)29-30(24)22(21)17-10-12-19(32-3)13-11-17/h6-13,22H,4-5,14-15H2,1-3H3,(H,27,28,29). The first-order valence-corrected chi connectivity index (χ1v) is 12.1. The molecule has 1 aliphatic rings. The van der Waals surface area contributed by atoms with Crippen molar-refractivity contribution in [2.24, 2.45) is 0 Å². The molecule has 0 amide bonds. The third-order valence-corrected chi connectivity index (χ3v) is 6.42. The molecule has 3 aromatic rings. The monoisotopic (exact) mass is 482 g/mol. The third kappa shape index (κ3) is 5.09. The van der Waals surface area contributed by atoms with Gasteiger partial charge in [-0.25, -0.2) is 13.9 Å². The van der Waals surface area contributed by atoms with E-state index in [-0.39, 0.29) is 11.8 Å². The number of hydrogen-bond acceptors (Lipinski definition) is 7. The van der Waals surface area contributed by atoms with Crippen molar-refractivity contribution in [3.05, 3.63) is 76.7 Å². The Morgan fingerprint density at radius 1 is 1.21 bits per heavy atom. The van der Waals surface area contributed by atoms with Crippen LogP contribution in [0.25, 0.3) is 0 Å². The molecule has 1 atom stereocenters. The summed E-state index contributed by atoms with van der Waals surface area (Å²) in [6.07, 6.45) is 1.73. The number of benzene rings is 2. The fraction of sp³-hybridized carbons (Fsp3) is 0.320. The Bertz CT molecular complexity index is 1190. The average Bonchev–Trinajstić information content (AvgIpc) is 3.25. The lowest BCUT2D eigenvalue weighted by Gasteiger charge is -2.28. The van der Waals surface area contributed by atoms with E-state index < -0.39 is 6.04 Å². The van der Waals surface area contributed by atoms with Crippen LogP contribution in [0.3, 0.4) is 0 Å². The molecule has 0 aliphatic carbocycles. The zero-order valence-electron chi connectivity index (χ0n) is 19.4. The van der Waals surface area contributed by atoms with E-state index in [2.05, 4.69) is 15.4 Å². The van der Waals surface area contributed by atoms with Gasteiger partial charge in [0.2, 0.25) is 11.1 Å². The van der Waals surface area contributed by atoms with Gasteiger partial charge in [-0.05, 0) is 42.7 Å². The maximum atomic E-state index is 14.0. The average molecular weight is 483 g/mol. The first-order valence-electron chi connectivity index (χ1n) is 11.1. The predicted molar refractivity (Wildman–Crippen MR) is 129 cm³/mol. The van der Waals surface area contributed by atoms with Gasteiger partial charge >= 0.3 is 5.97 Å². The zero-order chi connectivity index (χ0) is 24.1. The van der Waals surface area contributed by atoms with E-state index >= 15 is 0 Å². The number of thioether (sulfide) groups is 1. The van der Waals surface area contributed by atoms with Gasteiger partial charge < -0.3 is 14.8 Å². The van der Waals surface area contributed by atoms with Crippen molar-refractivity contribution >= 4 is 23.7 Å². The maximum Gasteiger partial charge on any atom is 0.338 e. The van der Waals surface area contributed by atoms with Crippen LogP contribution in [0, 0.1) is 5.82 Å². The molecule has 2 aromatic carbocycles. The number of fused-ring (bicyclic) bond motifs is 1. The summed E-state index contributed by atoms with van der Waals surface area (Å²) in [5.74, 6) is 0.968. The van der Waals surface area contributed by atoms with Crippen molar-refractivity contribution in [2.45, 2.75) is 43.6 Å². The van der Waals surface area contributed by atoms with Crippen LogP contribution in [0.2, 0.25) is 0 Å². The Kier molecular flexibility index (Phi) is 7.52. The van der Waals surface area contributed by atoms with Gasteiger partial charge in [0.15, 0.2) is 0 Å². The van der Waals surface area contributed by atoms with Gasteiger partial charge in [-0.3, -0.25) is 0 Å². The van der Waals surface area contributed by atoms with Gasteiger partial charge in [0.25, 0.3) is 0 Å². The lowest BCUT2D eigenvalue weighted by atomic mass is 9.96. The predicted octanol–water partition coefficient (Wildman–Crippen LogP) is 5.35. The second kappa shape index (κ2) is 10.7. The number of ether oxygens (including phenoxy) is 2. The van der Waals surface area contributed by atoms with Crippen LogP contribution >= 0.6 is 11.8 Å². The van der Waals surface area contributed by atoms with Crippen molar-refractivity contribution < 1.29 is 18.7 Å². The highest BCUT2D eigenvalue weighted by Gasteiger charge is 2.35. The molecule has 0 saturated heterocycles. The van der Waals surface area contributed by atoms with Crippen molar-refractivity contribution in [1.82, 2.24) is 14.8 Å². The van der Waals surface area contributed by atoms with E-state index in [9.17, 15) is 9.18 Å². The molecule has 1 aromatic heterocycles. The summed E-state index contributed by atoms with van der Waals surface area (Å²) >= 11 is 1.33. The number of aromatic nitrogens is 3. The molecule has 0 radical (unpaired) electrons. The number of nitrogens with zero attached hydrogens (tertiary/aromatic N) is 3. The molecule has 1 unspecified atom stereocenters. The van der Waals surface area contributed by atoms with Gasteiger partial charge in [-0.1, -0.05) is 55.4 Å². The Morgan fingerprint density at radius 2 is 1.97 bits per heavy atom. The first-order chi connectivity index (χ1) is 16.5. The summed E-state index contributed by atoms with van der Waals surface area (Å²) < 4.78 is 26.6. The molecule has 9 heteroatoms. The summed E-state index contributed by atoms with van der Waals surface area (Å²) in [7, 11) is 1.61. The summed E-state index contributed by atoms with van der Waals surface area (Å²) in [5.41, 5.74) is 2.56. The van der Waals surface area contributed by atoms with E-state index in [0.717, 1.165) is 18.4 Å². The molecule has 0 fully saturated rings. The Morgan fingerprint density at radius 3 is 2.68 bits per heavy atom. The smallest absolute Gasteiger partial charge is 0.338 e. The molecule has 0 spiro atoms. The minimum atomic E-state index is -0.522. The molecule has 34 heavy (non-hydrogen) atoms. The number of unbranched alkanes of at least 4 members (excludes halogenated alkanes) is 1. The van der Waals surface area contributed by atoms with E-state index in [1.807, 2.05) is 38.1 Å².